The highest BCUT2D eigenvalue weighted by molar-refractivity contribution is 7.09. The summed E-state index contributed by atoms with van der Waals surface area (Å²) < 4.78 is 5.51. The number of morpholine rings is 1. The lowest BCUT2D eigenvalue weighted by molar-refractivity contribution is -0.0242. The standard InChI is InChI=1S/C17H30N2OS/c1-4-9-18-16(8-7-15-6-5-14-21-15)17(2,3)19-10-12-20-13-11-19/h5-6,14,16,18H,4,7-13H2,1-3H3. The molecule has 0 aliphatic carbocycles. The van der Waals surface area contributed by atoms with Crippen LogP contribution in [0.3, 0.4) is 0 Å². The van der Waals surface area contributed by atoms with Crippen molar-refractivity contribution in [2.75, 3.05) is 32.8 Å². The first-order valence-electron chi connectivity index (χ1n) is 8.23. The van der Waals surface area contributed by atoms with E-state index in [2.05, 4.69) is 48.5 Å². The third-order valence-electron chi connectivity index (χ3n) is 4.58. The molecule has 1 aliphatic heterocycles. The Morgan fingerprint density at radius 1 is 1.38 bits per heavy atom. The molecule has 21 heavy (non-hydrogen) atoms. The van der Waals surface area contributed by atoms with Crippen molar-refractivity contribution in [2.45, 2.75) is 51.6 Å². The molecule has 4 heteroatoms. The second-order valence-electron chi connectivity index (χ2n) is 6.38. The van der Waals surface area contributed by atoms with Gasteiger partial charge in [0.2, 0.25) is 0 Å². The highest BCUT2D eigenvalue weighted by Crippen LogP contribution is 2.24. The number of nitrogens with zero attached hydrogens (tertiary/aromatic N) is 1. The van der Waals surface area contributed by atoms with Crippen molar-refractivity contribution in [1.82, 2.24) is 10.2 Å². The molecule has 0 radical (unpaired) electrons. The molecule has 2 rings (SSSR count). The maximum Gasteiger partial charge on any atom is 0.0594 e. The normalized spacial score (nSPS) is 18.8. The van der Waals surface area contributed by atoms with Crippen LogP contribution in [0.25, 0.3) is 0 Å². The zero-order chi connectivity index (χ0) is 15.1. The summed E-state index contributed by atoms with van der Waals surface area (Å²) >= 11 is 1.87. The van der Waals surface area contributed by atoms with E-state index in [4.69, 9.17) is 4.74 Å². The average Bonchev–Trinajstić information content (AvgIpc) is 3.01. The van der Waals surface area contributed by atoms with E-state index in [1.54, 1.807) is 0 Å². The fraction of sp³-hybridized carbons (Fsp3) is 0.765. The first-order valence-corrected chi connectivity index (χ1v) is 9.11. The van der Waals surface area contributed by atoms with Gasteiger partial charge in [-0.1, -0.05) is 13.0 Å². The van der Waals surface area contributed by atoms with Crippen LogP contribution >= 0.6 is 11.3 Å². The number of ether oxygens (including phenoxy) is 1. The molecule has 2 heterocycles. The Morgan fingerprint density at radius 2 is 2.14 bits per heavy atom. The molecule has 3 nitrogen and oxygen atoms in total. The molecule has 1 atom stereocenters. The van der Waals surface area contributed by atoms with Crippen molar-refractivity contribution < 1.29 is 4.74 Å². The summed E-state index contributed by atoms with van der Waals surface area (Å²) in [6.07, 6.45) is 3.56. The summed E-state index contributed by atoms with van der Waals surface area (Å²) in [6, 6.07) is 4.93. The van der Waals surface area contributed by atoms with Crippen molar-refractivity contribution >= 4 is 11.3 Å². The van der Waals surface area contributed by atoms with Gasteiger partial charge in [-0.25, -0.2) is 0 Å². The molecule has 120 valence electrons. The molecule has 0 aromatic carbocycles. The van der Waals surface area contributed by atoms with Crippen molar-refractivity contribution in [3.05, 3.63) is 22.4 Å². The number of aryl methyl sites for hydroxylation is 1. The summed E-state index contributed by atoms with van der Waals surface area (Å²) in [6.45, 7) is 12.0. The van der Waals surface area contributed by atoms with E-state index >= 15 is 0 Å². The molecule has 1 N–H and O–H groups in total. The lowest BCUT2D eigenvalue weighted by Gasteiger charge is -2.46. The van der Waals surface area contributed by atoms with Gasteiger partial charge in [0.1, 0.15) is 0 Å². The van der Waals surface area contributed by atoms with Gasteiger partial charge in [-0.3, -0.25) is 4.90 Å². The van der Waals surface area contributed by atoms with Crippen molar-refractivity contribution in [3.63, 3.8) is 0 Å². The summed E-state index contributed by atoms with van der Waals surface area (Å²) in [4.78, 5) is 4.09. The Hall–Kier alpha value is -0.420. The number of hydrogen-bond acceptors (Lipinski definition) is 4. The van der Waals surface area contributed by atoms with E-state index in [0.717, 1.165) is 32.8 Å². The molecule has 1 aromatic rings. The lowest BCUT2D eigenvalue weighted by Crippen LogP contribution is -2.60. The molecule has 1 saturated heterocycles. The fourth-order valence-corrected chi connectivity index (χ4v) is 3.85. The highest BCUT2D eigenvalue weighted by atomic mass is 32.1. The molecule has 1 unspecified atom stereocenters. The molecule has 1 fully saturated rings. The van der Waals surface area contributed by atoms with Crippen LogP contribution in [-0.2, 0) is 11.2 Å². The van der Waals surface area contributed by atoms with Crippen LogP contribution in [0.4, 0.5) is 0 Å². The van der Waals surface area contributed by atoms with E-state index in [9.17, 15) is 0 Å². The van der Waals surface area contributed by atoms with Gasteiger partial charge in [0.15, 0.2) is 0 Å². The van der Waals surface area contributed by atoms with E-state index in [-0.39, 0.29) is 5.54 Å². The lowest BCUT2D eigenvalue weighted by atomic mass is 9.88. The van der Waals surface area contributed by atoms with E-state index < -0.39 is 0 Å². The van der Waals surface area contributed by atoms with Gasteiger partial charge >= 0.3 is 0 Å². The minimum atomic E-state index is 0.177. The SMILES string of the molecule is CCCNC(CCc1cccs1)C(C)(C)N1CCOCC1. The van der Waals surface area contributed by atoms with Gasteiger partial charge < -0.3 is 10.1 Å². The Labute approximate surface area is 133 Å². The summed E-state index contributed by atoms with van der Waals surface area (Å²) in [5.74, 6) is 0. The Balaban J connectivity index is 1.98. The topological polar surface area (TPSA) is 24.5 Å². The van der Waals surface area contributed by atoms with E-state index in [1.807, 2.05) is 11.3 Å². The second kappa shape index (κ2) is 8.28. The molecule has 1 aliphatic rings. The molecule has 0 amide bonds. The maximum absolute atomic E-state index is 5.51. The zero-order valence-corrected chi connectivity index (χ0v) is 14.5. The number of rotatable bonds is 8. The Kier molecular flexibility index (Phi) is 6.68. The molecular weight excluding hydrogens is 280 g/mol. The van der Waals surface area contributed by atoms with Gasteiger partial charge in [0, 0.05) is 29.5 Å². The first-order chi connectivity index (χ1) is 10.1. The van der Waals surface area contributed by atoms with Crippen molar-refractivity contribution in [3.8, 4) is 0 Å². The van der Waals surface area contributed by atoms with Crippen LogP contribution in [0, 0.1) is 0 Å². The Morgan fingerprint density at radius 3 is 2.76 bits per heavy atom. The van der Waals surface area contributed by atoms with Gasteiger partial charge in [-0.05, 0) is 51.1 Å². The van der Waals surface area contributed by atoms with Gasteiger partial charge in [0.25, 0.3) is 0 Å². The monoisotopic (exact) mass is 310 g/mol. The second-order valence-corrected chi connectivity index (χ2v) is 7.41. The Bertz CT molecular complexity index is 386. The first kappa shape index (κ1) is 16.9. The average molecular weight is 311 g/mol. The largest absolute Gasteiger partial charge is 0.379 e. The minimum Gasteiger partial charge on any atom is -0.379 e. The van der Waals surface area contributed by atoms with Gasteiger partial charge in [0.05, 0.1) is 13.2 Å². The van der Waals surface area contributed by atoms with Crippen LogP contribution < -0.4 is 5.32 Å². The summed E-state index contributed by atoms with van der Waals surface area (Å²) in [7, 11) is 0. The quantitative estimate of drug-likeness (QED) is 0.798. The van der Waals surface area contributed by atoms with E-state index in [0.29, 0.717) is 6.04 Å². The molecule has 0 saturated carbocycles. The number of thiophene rings is 1. The predicted octanol–water partition coefficient (Wildman–Crippen LogP) is 3.16. The number of nitrogens with one attached hydrogen (secondary N) is 1. The van der Waals surface area contributed by atoms with E-state index in [1.165, 1.54) is 24.1 Å². The summed E-state index contributed by atoms with van der Waals surface area (Å²) in [5.41, 5.74) is 0.177. The van der Waals surface area contributed by atoms with Gasteiger partial charge in [-0.15, -0.1) is 11.3 Å². The van der Waals surface area contributed by atoms with Crippen LogP contribution in [-0.4, -0.2) is 49.3 Å². The third-order valence-corrected chi connectivity index (χ3v) is 5.52. The van der Waals surface area contributed by atoms with Crippen LogP contribution in [0.2, 0.25) is 0 Å². The molecular formula is C17H30N2OS. The highest BCUT2D eigenvalue weighted by Gasteiger charge is 2.35. The smallest absolute Gasteiger partial charge is 0.0594 e. The third kappa shape index (κ3) is 4.78. The molecule has 0 spiro atoms. The fourth-order valence-electron chi connectivity index (χ4n) is 3.13. The molecule has 1 aromatic heterocycles. The van der Waals surface area contributed by atoms with Crippen LogP contribution in [0.1, 0.15) is 38.5 Å². The maximum atomic E-state index is 5.51. The zero-order valence-electron chi connectivity index (χ0n) is 13.7. The minimum absolute atomic E-state index is 0.177. The molecule has 0 bridgehead atoms. The van der Waals surface area contributed by atoms with Crippen LogP contribution in [0.15, 0.2) is 17.5 Å². The predicted molar refractivity (Wildman–Crippen MR) is 91.2 cm³/mol. The van der Waals surface area contributed by atoms with Crippen molar-refractivity contribution in [2.24, 2.45) is 0 Å². The van der Waals surface area contributed by atoms with Crippen LogP contribution in [0.5, 0.6) is 0 Å². The van der Waals surface area contributed by atoms with Gasteiger partial charge in [-0.2, -0.15) is 0 Å². The van der Waals surface area contributed by atoms with Crippen molar-refractivity contribution in [1.29, 1.82) is 0 Å². The number of hydrogen-bond donors (Lipinski definition) is 1. The summed E-state index contributed by atoms with van der Waals surface area (Å²) in [5, 5.41) is 5.97.